The Hall–Kier alpha value is -2.70. The number of aryl methyl sites for hydroxylation is 2. The molecule has 7 nitrogen and oxygen atoms in total. The standard InChI is InChI=1S/C19H25N5O2/c1-13-9-14(2)24(22-13)12-19(26)23-8-4-5-18(23)17-7-6-16(11-21-17)10-20-15(3)25/h6-7,9,11,18H,4-5,8,10,12H2,1-3H3,(H,20,25)/t18-/m0/s1. The van der Waals surface area contributed by atoms with E-state index in [-0.39, 0.29) is 24.4 Å². The number of nitrogens with zero attached hydrogens (tertiary/aromatic N) is 4. The molecule has 26 heavy (non-hydrogen) atoms. The van der Waals surface area contributed by atoms with E-state index in [0.29, 0.717) is 6.54 Å². The molecule has 1 saturated heterocycles. The molecule has 0 spiro atoms. The summed E-state index contributed by atoms with van der Waals surface area (Å²) in [6.45, 7) is 6.86. The Kier molecular flexibility index (Phi) is 5.35. The van der Waals surface area contributed by atoms with Crippen molar-refractivity contribution in [1.29, 1.82) is 0 Å². The maximum atomic E-state index is 12.8. The van der Waals surface area contributed by atoms with Gasteiger partial charge < -0.3 is 10.2 Å². The summed E-state index contributed by atoms with van der Waals surface area (Å²) in [5.41, 5.74) is 3.76. The Labute approximate surface area is 153 Å². The van der Waals surface area contributed by atoms with Crippen LogP contribution in [0.25, 0.3) is 0 Å². The first-order chi connectivity index (χ1) is 12.4. The van der Waals surface area contributed by atoms with Crippen LogP contribution in [-0.4, -0.2) is 38.0 Å². The highest BCUT2D eigenvalue weighted by atomic mass is 16.2. The van der Waals surface area contributed by atoms with Crippen LogP contribution < -0.4 is 5.32 Å². The first kappa shape index (κ1) is 18.1. The molecule has 0 saturated carbocycles. The van der Waals surface area contributed by atoms with Crippen molar-refractivity contribution >= 4 is 11.8 Å². The summed E-state index contributed by atoms with van der Waals surface area (Å²) < 4.78 is 1.76. The summed E-state index contributed by atoms with van der Waals surface area (Å²) >= 11 is 0. The van der Waals surface area contributed by atoms with Crippen LogP contribution in [0.15, 0.2) is 24.4 Å². The lowest BCUT2D eigenvalue weighted by atomic mass is 10.1. The molecule has 7 heteroatoms. The first-order valence-corrected chi connectivity index (χ1v) is 8.94. The highest BCUT2D eigenvalue weighted by Crippen LogP contribution is 2.31. The number of aromatic nitrogens is 3. The Morgan fingerprint density at radius 2 is 2.12 bits per heavy atom. The van der Waals surface area contributed by atoms with Gasteiger partial charge in [0.05, 0.1) is 17.4 Å². The normalized spacial score (nSPS) is 16.7. The number of carbonyl (C=O) groups is 2. The van der Waals surface area contributed by atoms with E-state index in [1.54, 1.807) is 10.9 Å². The second-order valence-electron chi connectivity index (χ2n) is 6.83. The van der Waals surface area contributed by atoms with E-state index in [2.05, 4.69) is 15.4 Å². The number of carbonyl (C=O) groups excluding carboxylic acids is 2. The second-order valence-corrected chi connectivity index (χ2v) is 6.83. The zero-order valence-corrected chi connectivity index (χ0v) is 15.5. The number of rotatable bonds is 5. The molecule has 0 unspecified atom stereocenters. The summed E-state index contributed by atoms with van der Waals surface area (Å²) in [6, 6.07) is 5.90. The van der Waals surface area contributed by atoms with Crippen molar-refractivity contribution in [2.45, 2.75) is 52.7 Å². The summed E-state index contributed by atoms with van der Waals surface area (Å²) in [5.74, 6) is 0.00798. The molecule has 2 aromatic heterocycles. The number of hydrogen-bond acceptors (Lipinski definition) is 4. The number of pyridine rings is 1. The van der Waals surface area contributed by atoms with E-state index < -0.39 is 0 Å². The zero-order chi connectivity index (χ0) is 18.7. The SMILES string of the molecule is CC(=O)NCc1ccc([C@@H]2CCCN2C(=O)Cn2nc(C)cc2C)nc1. The van der Waals surface area contributed by atoms with Crippen LogP contribution in [0.3, 0.4) is 0 Å². The smallest absolute Gasteiger partial charge is 0.244 e. The predicted molar refractivity (Wildman–Crippen MR) is 97.1 cm³/mol. The molecule has 3 rings (SSSR count). The second kappa shape index (κ2) is 7.68. The molecule has 1 aliphatic rings. The Morgan fingerprint density at radius 3 is 2.73 bits per heavy atom. The summed E-state index contributed by atoms with van der Waals surface area (Å²) in [7, 11) is 0. The monoisotopic (exact) mass is 355 g/mol. The number of likely N-dealkylation sites (tertiary alicyclic amines) is 1. The van der Waals surface area contributed by atoms with E-state index in [1.807, 2.05) is 36.9 Å². The van der Waals surface area contributed by atoms with Gasteiger partial charge in [-0.15, -0.1) is 0 Å². The fourth-order valence-electron chi connectivity index (χ4n) is 3.39. The number of nitrogens with one attached hydrogen (secondary N) is 1. The molecule has 1 aliphatic heterocycles. The molecule has 1 atom stereocenters. The van der Waals surface area contributed by atoms with Gasteiger partial charge in [-0.25, -0.2) is 0 Å². The minimum Gasteiger partial charge on any atom is -0.352 e. The molecule has 1 fully saturated rings. The predicted octanol–water partition coefficient (Wildman–Crippen LogP) is 1.89. The van der Waals surface area contributed by atoms with E-state index in [9.17, 15) is 9.59 Å². The van der Waals surface area contributed by atoms with E-state index >= 15 is 0 Å². The van der Waals surface area contributed by atoms with E-state index in [1.165, 1.54) is 6.92 Å². The van der Waals surface area contributed by atoms with Gasteiger partial charge >= 0.3 is 0 Å². The van der Waals surface area contributed by atoms with Crippen molar-refractivity contribution in [1.82, 2.24) is 25.0 Å². The maximum Gasteiger partial charge on any atom is 0.244 e. The van der Waals surface area contributed by atoms with Crippen molar-refractivity contribution in [2.75, 3.05) is 6.54 Å². The van der Waals surface area contributed by atoms with Crippen molar-refractivity contribution < 1.29 is 9.59 Å². The fourth-order valence-corrected chi connectivity index (χ4v) is 3.39. The van der Waals surface area contributed by atoms with Crippen LogP contribution in [0.2, 0.25) is 0 Å². The number of hydrogen-bond donors (Lipinski definition) is 1. The van der Waals surface area contributed by atoms with Gasteiger partial charge in [0.15, 0.2) is 0 Å². The number of amides is 2. The molecule has 0 aliphatic carbocycles. The maximum absolute atomic E-state index is 12.8. The van der Waals surface area contributed by atoms with Crippen LogP contribution in [0.5, 0.6) is 0 Å². The zero-order valence-electron chi connectivity index (χ0n) is 15.5. The Balaban J connectivity index is 1.68. The van der Waals surface area contributed by atoms with Crippen LogP contribution in [0.4, 0.5) is 0 Å². The van der Waals surface area contributed by atoms with E-state index in [4.69, 9.17) is 0 Å². The lowest BCUT2D eigenvalue weighted by Crippen LogP contribution is -2.34. The van der Waals surface area contributed by atoms with Gasteiger partial charge in [-0.2, -0.15) is 5.10 Å². The quantitative estimate of drug-likeness (QED) is 0.888. The molecular formula is C19H25N5O2. The highest BCUT2D eigenvalue weighted by molar-refractivity contribution is 5.76. The van der Waals surface area contributed by atoms with Crippen molar-refractivity contribution in [3.63, 3.8) is 0 Å². The Morgan fingerprint density at radius 1 is 1.31 bits per heavy atom. The van der Waals surface area contributed by atoms with Crippen LogP contribution in [-0.2, 0) is 22.7 Å². The molecule has 0 aromatic carbocycles. The molecule has 0 radical (unpaired) electrons. The van der Waals surface area contributed by atoms with Crippen molar-refractivity contribution in [3.8, 4) is 0 Å². The third-order valence-electron chi connectivity index (χ3n) is 4.69. The summed E-state index contributed by atoms with van der Waals surface area (Å²) in [5, 5.41) is 7.14. The van der Waals surface area contributed by atoms with Gasteiger partial charge in [0, 0.05) is 31.9 Å². The summed E-state index contributed by atoms with van der Waals surface area (Å²) in [6.07, 6.45) is 3.66. The molecule has 3 heterocycles. The van der Waals surface area contributed by atoms with Gasteiger partial charge in [-0.3, -0.25) is 19.3 Å². The minimum absolute atomic E-state index is 0.00859. The average Bonchev–Trinajstić information content (AvgIpc) is 3.20. The third kappa shape index (κ3) is 4.09. The van der Waals surface area contributed by atoms with Gasteiger partial charge in [-0.1, -0.05) is 6.07 Å². The molecule has 2 amide bonds. The van der Waals surface area contributed by atoms with E-state index in [0.717, 1.165) is 42.0 Å². The first-order valence-electron chi connectivity index (χ1n) is 8.94. The minimum atomic E-state index is -0.0641. The molecule has 138 valence electrons. The van der Waals surface area contributed by atoms with Gasteiger partial charge in [0.2, 0.25) is 11.8 Å². The van der Waals surface area contributed by atoms with Crippen LogP contribution >= 0.6 is 0 Å². The van der Waals surface area contributed by atoms with Crippen molar-refractivity contribution in [2.24, 2.45) is 0 Å². The summed E-state index contributed by atoms with van der Waals surface area (Å²) in [4.78, 5) is 30.2. The third-order valence-corrected chi connectivity index (χ3v) is 4.69. The lowest BCUT2D eigenvalue weighted by Gasteiger charge is -2.24. The molecule has 1 N–H and O–H groups in total. The van der Waals surface area contributed by atoms with Crippen molar-refractivity contribution in [3.05, 3.63) is 47.0 Å². The molecular weight excluding hydrogens is 330 g/mol. The van der Waals surface area contributed by atoms with Crippen LogP contribution in [0.1, 0.15) is 48.5 Å². The Bertz CT molecular complexity index is 797. The average molecular weight is 355 g/mol. The van der Waals surface area contributed by atoms with Gasteiger partial charge in [0.25, 0.3) is 0 Å². The lowest BCUT2D eigenvalue weighted by molar-refractivity contribution is -0.133. The molecule has 2 aromatic rings. The van der Waals surface area contributed by atoms with Crippen LogP contribution in [0, 0.1) is 13.8 Å². The van der Waals surface area contributed by atoms with Gasteiger partial charge in [0.1, 0.15) is 6.54 Å². The highest BCUT2D eigenvalue weighted by Gasteiger charge is 2.31. The largest absolute Gasteiger partial charge is 0.352 e. The van der Waals surface area contributed by atoms with Gasteiger partial charge in [-0.05, 0) is 44.4 Å². The topological polar surface area (TPSA) is 80.1 Å². The fraction of sp³-hybridized carbons (Fsp3) is 0.474. The molecule has 0 bridgehead atoms.